The first-order valence-electron chi connectivity index (χ1n) is 8.30. The lowest BCUT2D eigenvalue weighted by Crippen LogP contribution is -2.46. The summed E-state index contributed by atoms with van der Waals surface area (Å²) in [6.45, 7) is 13.8. The van der Waals surface area contributed by atoms with Crippen molar-refractivity contribution in [1.29, 1.82) is 0 Å². The van der Waals surface area contributed by atoms with Gasteiger partial charge in [0.15, 0.2) is 0 Å². The number of hydrogen-bond donors (Lipinski definition) is 2. The van der Waals surface area contributed by atoms with Gasteiger partial charge in [0.1, 0.15) is 0 Å². The maximum absolute atomic E-state index is 11.4. The van der Waals surface area contributed by atoms with Crippen LogP contribution in [0.5, 0.6) is 0 Å². The maximum Gasteiger partial charge on any atom is 0.314 e. The van der Waals surface area contributed by atoms with E-state index in [0.717, 1.165) is 32.5 Å². The lowest BCUT2D eigenvalue weighted by molar-refractivity contribution is 0.135. The van der Waals surface area contributed by atoms with Crippen molar-refractivity contribution in [2.24, 2.45) is 0 Å². The van der Waals surface area contributed by atoms with Crippen LogP contribution in [0.3, 0.4) is 0 Å². The molecule has 6 heteroatoms. The number of nitrogens with one attached hydrogen (secondary N) is 2. The van der Waals surface area contributed by atoms with Crippen LogP contribution in [0.25, 0.3) is 0 Å². The minimum absolute atomic E-state index is 0.0914. The van der Waals surface area contributed by atoms with Crippen molar-refractivity contribution in [2.45, 2.75) is 26.7 Å². The smallest absolute Gasteiger partial charge is 0.314 e. The van der Waals surface area contributed by atoms with Crippen LogP contribution in [0.4, 0.5) is 4.79 Å². The molecule has 0 radical (unpaired) electrons. The van der Waals surface area contributed by atoms with Gasteiger partial charge in [0.05, 0.1) is 6.61 Å². The molecular formula is C15H32N4O2. The molecule has 0 spiro atoms. The molecular weight excluding hydrogens is 268 g/mol. The lowest BCUT2D eigenvalue weighted by atomic mass is 10.2. The number of amides is 2. The number of nitrogens with zero attached hydrogens (tertiary/aromatic N) is 2. The highest BCUT2D eigenvalue weighted by atomic mass is 16.5. The average Bonchev–Trinajstić information content (AvgIpc) is 2.52. The van der Waals surface area contributed by atoms with Crippen molar-refractivity contribution in [3.63, 3.8) is 0 Å². The Labute approximate surface area is 129 Å². The fourth-order valence-electron chi connectivity index (χ4n) is 2.44. The monoisotopic (exact) mass is 300 g/mol. The third-order valence-corrected chi connectivity index (χ3v) is 3.83. The van der Waals surface area contributed by atoms with Gasteiger partial charge in [-0.05, 0) is 32.9 Å². The molecule has 2 amide bonds. The first-order valence-corrected chi connectivity index (χ1v) is 8.30. The molecule has 6 nitrogen and oxygen atoms in total. The molecule has 2 N–H and O–H groups in total. The largest absolute Gasteiger partial charge is 0.380 e. The molecule has 0 bridgehead atoms. The number of carbonyl (C=O) groups excluding carboxylic acids is 1. The molecule has 1 saturated heterocycles. The Morgan fingerprint density at radius 3 is 2.33 bits per heavy atom. The van der Waals surface area contributed by atoms with Crippen molar-refractivity contribution in [3.05, 3.63) is 0 Å². The second kappa shape index (κ2) is 11.8. The van der Waals surface area contributed by atoms with E-state index in [4.69, 9.17) is 4.74 Å². The van der Waals surface area contributed by atoms with E-state index in [1.54, 1.807) is 0 Å². The molecule has 1 aliphatic rings. The molecule has 0 aromatic carbocycles. The molecule has 1 heterocycles. The summed E-state index contributed by atoms with van der Waals surface area (Å²) in [5.74, 6) is 0. The van der Waals surface area contributed by atoms with Gasteiger partial charge in [0.25, 0.3) is 0 Å². The molecule has 0 aromatic rings. The van der Waals surface area contributed by atoms with Crippen molar-refractivity contribution >= 4 is 6.03 Å². The predicted octanol–water partition coefficient (Wildman–Crippen LogP) is 0.740. The van der Waals surface area contributed by atoms with Gasteiger partial charge in [-0.1, -0.05) is 6.92 Å². The van der Waals surface area contributed by atoms with Gasteiger partial charge in [-0.15, -0.1) is 0 Å². The summed E-state index contributed by atoms with van der Waals surface area (Å²) in [7, 11) is 0. The minimum Gasteiger partial charge on any atom is -0.380 e. The van der Waals surface area contributed by atoms with E-state index in [9.17, 15) is 4.79 Å². The molecule has 1 fully saturated rings. The van der Waals surface area contributed by atoms with Gasteiger partial charge < -0.3 is 25.2 Å². The lowest BCUT2D eigenvalue weighted by Gasteiger charge is -2.33. The van der Waals surface area contributed by atoms with Gasteiger partial charge >= 0.3 is 6.03 Å². The van der Waals surface area contributed by atoms with E-state index in [-0.39, 0.29) is 6.03 Å². The Hall–Kier alpha value is -0.850. The van der Waals surface area contributed by atoms with E-state index >= 15 is 0 Å². The number of urea groups is 1. The highest BCUT2D eigenvalue weighted by Gasteiger charge is 2.14. The van der Waals surface area contributed by atoms with Crippen molar-refractivity contribution in [3.8, 4) is 0 Å². The molecule has 21 heavy (non-hydrogen) atoms. The summed E-state index contributed by atoms with van der Waals surface area (Å²) in [5, 5.41) is 5.66. The third-order valence-electron chi connectivity index (χ3n) is 3.83. The summed E-state index contributed by atoms with van der Waals surface area (Å²) in [4.78, 5) is 16.5. The minimum atomic E-state index is -0.0914. The fraction of sp³-hybridized carbons (Fsp3) is 0.933. The number of rotatable bonds is 10. The van der Waals surface area contributed by atoms with E-state index in [0.29, 0.717) is 19.8 Å². The summed E-state index contributed by atoms with van der Waals surface area (Å²) < 4.78 is 5.16. The number of likely N-dealkylation sites (N-methyl/N-ethyl adjacent to an activating group) is 1. The Morgan fingerprint density at radius 1 is 1.00 bits per heavy atom. The van der Waals surface area contributed by atoms with Gasteiger partial charge in [-0.3, -0.25) is 0 Å². The highest BCUT2D eigenvalue weighted by molar-refractivity contribution is 5.73. The van der Waals surface area contributed by atoms with Crippen LogP contribution in [0, 0.1) is 0 Å². The number of hydrogen-bond acceptors (Lipinski definition) is 4. The molecule has 1 aliphatic heterocycles. The Balaban J connectivity index is 1.89. The molecule has 124 valence electrons. The third kappa shape index (κ3) is 8.90. The highest BCUT2D eigenvalue weighted by Crippen LogP contribution is 2.02. The SMILES string of the molecule is CCOCCNC(=O)NCCCCN1CCN(CC)CC1. The molecule has 0 atom stereocenters. The number of piperazine rings is 1. The summed E-state index contributed by atoms with van der Waals surface area (Å²) >= 11 is 0. The fourth-order valence-corrected chi connectivity index (χ4v) is 2.44. The van der Waals surface area contributed by atoms with Crippen molar-refractivity contribution < 1.29 is 9.53 Å². The summed E-state index contributed by atoms with van der Waals surface area (Å²) in [6, 6.07) is -0.0914. The first-order chi connectivity index (χ1) is 10.3. The Morgan fingerprint density at radius 2 is 1.67 bits per heavy atom. The van der Waals surface area contributed by atoms with Crippen LogP contribution in [0.1, 0.15) is 26.7 Å². The zero-order valence-corrected chi connectivity index (χ0v) is 13.7. The van der Waals surface area contributed by atoms with Crippen LogP contribution < -0.4 is 10.6 Å². The van der Waals surface area contributed by atoms with Crippen molar-refractivity contribution in [1.82, 2.24) is 20.4 Å². The van der Waals surface area contributed by atoms with Gasteiger partial charge in [-0.2, -0.15) is 0 Å². The van der Waals surface area contributed by atoms with Crippen LogP contribution in [0.2, 0.25) is 0 Å². The summed E-state index contributed by atoms with van der Waals surface area (Å²) in [6.07, 6.45) is 2.18. The van der Waals surface area contributed by atoms with Crippen LogP contribution in [-0.2, 0) is 4.74 Å². The maximum atomic E-state index is 11.4. The average molecular weight is 300 g/mol. The quantitative estimate of drug-likeness (QED) is 0.584. The Kier molecular flexibility index (Phi) is 10.2. The standard InChI is InChI=1S/C15H32N4O2/c1-3-18-10-12-19(13-11-18)9-6-5-7-16-15(20)17-8-14-21-4-2/h3-14H2,1-2H3,(H2,16,17,20). The number of ether oxygens (including phenoxy) is 1. The second-order valence-electron chi connectivity index (χ2n) is 5.36. The van der Waals surface area contributed by atoms with Gasteiger partial charge in [0.2, 0.25) is 0 Å². The molecule has 0 saturated carbocycles. The van der Waals surface area contributed by atoms with Gasteiger partial charge in [-0.25, -0.2) is 4.79 Å². The van der Waals surface area contributed by atoms with Crippen LogP contribution in [-0.4, -0.2) is 81.4 Å². The number of unbranched alkanes of at least 4 members (excludes halogenated alkanes) is 1. The molecule has 0 aromatic heterocycles. The normalized spacial score (nSPS) is 16.9. The van der Waals surface area contributed by atoms with E-state index < -0.39 is 0 Å². The molecule has 1 rings (SSSR count). The van der Waals surface area contributed by atoms with E-state index in [2.05, 4.69) is 27.4 Å². The topological polar surface area (TPSA) is 56.8 Å². The van der Waals surface area contributed by atoms with E-state index in [1.807, 2.05) is 6.92 Å². The van der Waals surface area contributed by atoms with Gasteiger partial charge in [0, 0.05) is 45.9 Å². The zero-order valence-electron chi connectivity index (χ0n) is 13.7. The predicted molar refractivity (Wildman–Crippen MR) is 85.7 cm³/mol. The van der Waals surface area contributed by atoms with Crippen LogP contribution >= 0.6 is 0 Å². The van der Waals surface area contributed by atoms with Crippen molar-refractivity contribution in [2.75, 3.05) is 65.6 Å². The number of carbonyl (C=O) groups is 1. The first kappa shape index (κ1) is 18.2. The van der Waals surface area contributed by atoms with Crippen LogP contribution in [0.15, 0.2) is 0 Å². The molecule has 0 aliphatic carbocycles. The second-order valence-corrected chi connectivity index (χ2v) is 5.36. The Bertz CT molecular complexity index is 268. The molecule has 0 unspecified atom stereocenters. The van der Waals surface area contributed by atoms with E-state index in [1.165, 1.54) is 26.2 Å². The summed E-state index contributed by atoms with van der Waals surface area (Å²) in [5.41, 5.74) is 0. The zero-order chi connectivity index (χ0) is 15.3.